The Morgan fingerprint density at radius 1 is 1.00 bits per heavy atom. The van der Waals surface area contributed by atoms with Crippen molar-refractivity contribution in [2.45, 2.75) is 12.8 Å². The molecule has 1 fully saturated rings. The quantitative estimate of drug-likeness (QED) is 0.703. The molecule has 26 heavy (non-hydrogen) atoms. The largest absolute Gasteiger partial charge is 0.457 e. The van der Waals surface area contributed by atoms with Gasteiger partial charge in [0.25, 0.3) is 5.91 Å². The van der Waals surface area contributed by atoms with Crippen molar-refractivity contribution in [3.8, 4) is 11.5 Å². The number of benzene rings is 2. The molecule has 1 aliphatic heterocycles. The minimum atomic E-state index is 0.0549. The van der Waals surface area contributed by atoms with Crippen molar-refractivity contribution in [1.29, 1.82) is 0 Å². The minimum absolute atomic E-state index is 0.0549. The van der Waals surface area contributed by atoms with Crippen LogP contribution in [0.3, 0.4) is 0 Å². The Hall–Kier alpha value is -3.14. The van der Waals surface area contributed by atoms with Crippen molar-refractivity contribution < 1.29 is 9.53 Å². The molecule has 1 aromatic heterocycles. The number of nitrogens with zero attached hydrogens (tertiary/aromatic N) is 2. The smallest absolute Gasteiger partial charge is 0.253 e. The van der Waals surface area contributed by atoms with Crippen molar-refractivity contribution in [3.05, 3.63) is 89.7 Å². The number of hydrogen-bond acceptors (Lipinski definition) is 3. The number of pyridine rings is 1. The van der Waals surface area contributed by atoms with E-state index in [1.165, 1.54) is 0 Å². The van der Waals surface area contributed by atoms with E-state index in [1.54, 1.807) is 6.20 Å². The van der Waals surface area contributed by atoms with E-state index in [2.05, 4.69) is 4.98 Å². The molecule has 130 valence electrons. The van der Waals surface area contributed by atoms with Gasteiger partial charge in [-0.25, -0.2) is 0 Å². The van der Waals surface area contributed by atoms with Crippen LogP contribution in [-0.4, -0.2) is 28.9 Å². The molecule has 4 heteroatoms. The molecule has 3 aromatic rings. The molecule has 0 spiro atoms. The molecule has 1 aliphatic rings. The zero-order valence-electron chi connectivity index (χ0n) is 14.6. The van der Waals surface area contributed by atoms with E-state index in [-0.39, 0.29) is 5.91 Å². The lowest BCUT2D eigenvalue weighted by molar-refractivity contribution is 0.0599. The number of aryl methyl sites for hydroxylation is 1. The molecule has 4 rings (SSSR count). The van der Waals surface area contributed by atoms with Crippen LogP contribution in [0.5, 0.6) is 11.5 Å². The van der Waals surface area contributed by atoms with Crippen LogP contribution in [0.2, 0.25) is 0 Å². The maximum atomic E-state index is 12.6. The first-order valence-corrected chi connectivity index (χ1v) is 8.74. The molecule has 2 aromatic carbocycles. The van der Waals surface area contributed by atoms with E-state index in [0.29, 0.717) is 11.5 Å². The number of hydrogen-bond donors (Lipinski definition) is 0. The standard InChI is InChI=1S/C22H20N2O2/c1-16-5-4-6-20(13-16)26-19-10-8-17(9-11-19)22(25)24-14-18(15-24)21-7-2-3-12-23-21/h2-13,18H,14-15H2,1H3. The Labute approximate surface area is 153 Å². The Kier molecular flexibility index (Phi) is 4.40. The SMILES string of the molecule is Cc1cccc(Oc2ccc(C(=O)N3CC(c4ccccn4)C3)cc2)c1. The number of aromatic nitrogens is 1. The van der Waals surface area contributed by atoms with Crippen molar-refractivity contribution in [2.75, 3.05) is 13.1 Å². The van der Waals surface area contributed by atoms with E-state index < -0.39 is 0 Å². The molecule has 0 N–H and O–H groups in total. The van der Waals surface area contributed by atoms with Crippen molar-refractivity contribution in [1.82, 2.24) is 9.88 Å². The summed E-state index contributed by atoms with van der Waals surface area (Å²) in [6, 6.07) is 21.1. The predicted octanol–water partition coefficient (Wildman–Crippen LogP) is 4.42. The number of ether oxygens (including phenoxy) is 1. The molecule has 0 saturated carbocycles. The molecule has 1 saturated heterocycles. The third-order valence-electron chi connectivity index (χ3n) is 4.60. The monoisotopic (exact) mass is 344 g/mol. The molecule has 0 unspecified atom stereocenters. The van der Waals surface area contributed by atoms with Crippen molar-refractivity contribution in [3.63, 3.8) is 0 Å². The Bertz CT molecular complexity index is 901. The molecule has 0 bridgehead atoms. The van der Waals surface area contributed by atoms with Crippen LogP contribution in [0.1, 0.15) is 27.5 Å². The fourth-order valence-electron chi connectivity index (χ4n) is 3.11. The molecular weight excluding hydrogens is 324 g/mol. The van der Waals surface area contributed by atoms with Gasteiger partial charge < -0.3 is 9.64 Å². The second kappa shape index (κ2) is 7.00. The molecule has 0 radical (unpaired) electrons. The summed E-state index contributed by atoms with van der Waals surface area (Å²) in [5, 5.41) is 0. The Morgan fingerprint density at radius 3 is 2.50 bits per heavy atom. The maximum Gasteiger partial charge on any atom is 0.253 e. The van der Waals surface area contributed by atoms with Gasteiger partial charge in [0.15, 0.2) is 0 Å². The summed E-state index contributed by atoms with van der Waals surface area (Å²) in [5.41, 5.74) is 2.88. The lowest BCUT2D eigenvalue weighted by atomic mass is 9.95. The second-order valence-electron chi connectivity index (χ2n) is 6.60. The summed E-state index contributed by atoms with van der Waals surface area (Å²) in [5.74, 6) is 1.91. The highest BCUT2D eigenvalue weighted by Crippen LogP contribution is 2.28. The van der Waals surface area contributed by atoms with Gasteiger partial charge in [0.05, 0.1) is 0 Å². The van der Waals surface area contributed by atoms with Crippen LogP contribution in [-0.2, 0) is 0 Å². The number of amides is 1. The molecule has 4 nitrogen and oxygen atoms in total. The summed E-state index contributed by atoms with van der Waals surface area (Å²) in [6.45, 7) is 3.47. The van der Waals surface area contributed by atoms with E-state index in [4.69, 9.17) is 4.74 Å². The number of likely N-dealkylation sites (tertiary alicyclic amines) is 1. The third kappa shape index (κ3) is 3.45. The minimum Gasteiger partial charge on any atom is -0.457 e. The van der Waals surface area contributed by atoms with Gasteiger partial charge in [-0.15, -0.1) is 0 Å². The highest BCUT2D eigenvalue weighted by atomic mass is 16.5. The van der Waals surface area contributed by atoms with Crippen LogP contribution < -0.4 is 4.74 Å². The fraction of sp³-hybridized carbons (Fsp3) is 0.182. The summed E-state index contributed by atoms with van der Waals surface area (Å²) in [4.78, 5) is 18.8. The van der Waals surface area contributed by atoms with Gasteiger partial charge >= 0.3 is 0 Å². The average Bonchev–Trinajstić information content (AvgIpc) is 2.62. The van der Waals surface area contributed by atoms with Gasteiger partial charge in [-0.1, -0.05) is 18.2 Å². The molecule has 0 atom stereocenters. The Balaban J connectivity index is 1.37. The third-order valence-corrected chi connectivity index (χ3v) is 4.60. The van der Waals surface area contributed by atoms with Gasteiger partial charge in [0, 0.05) is 36.5 Å². The van der Waals surface area contributed by atoms with Crippen molar-refractivity contribution >= 4 is 5.91 Å². The number of rotatable bonds is 4. The first-order valence-electron chi connectivity index (χ1n) is 8.74. The zero-order chi connectivity index (χ0) is 17.9. The van der Waals surface area contributed by atoms with E-state index in [0.717, 1.165) is 35.8 Å². The van der Waals surface area contributed by atoms with Gasteiger partial charge in [0.1, 0.15) is 11.5 Å². The van der Waals surface area contributed by atoms with E-state index in [9.17, 15) is 4.79 Å². The fourth-order valence-corrected chi connectivity index (χ4v) is 3.11. The first-order chi connectivity index (χ1) is 12.7. The van der Waals surface area contributed by atoms with Crippen LogP contribution in [0.25, 0.3) is 0 Å². The van der Waals surface area contributed by atoms with Crippen LogP contribution in [0, 0.1) is 6.92 Å². The van der Waals surface area contributed by atoms with Gasteiger partial charge in [-0.2, -0.15) is 0 Å². The summed E-state index contributed by atoms with van der Waals surface area (Å²) >= 11 is 0. The van der Waals surface area contributed by atoms with Gasteiger partial charge in [-0.05, 0) is 61.0 Å². The normalized spacial score (nSPS) is 14.0. The van der Waals surface area contributed by atoms with Gasteiger partial charge in [-0.3, -0.25) is 9.78 Å². The molecule has 0 aliphatic carbocycles. The summed E-state index contributed by atoms with van der Waals surface area (Å²) in [6.07, 6.45) is 1.80. The highest BCUT2D eigenvalue weighted by Gasteiger charge is 2.32. The summed E-state index contributed by atoms with van der Waals surface area (Å²) < 4.78 is 5.84. The van der Waals surface area contributed by atoms with E-state index >= 15 is 0 Å². The summed E-state index contributed by atoms with van der Waals surface area (Å²) in [7, 11) is 0. The van der Waals surface area contributed by atoms with E-state index in [1.807, 2.05) is 78.6 Å². The zero-order valence-corrected chi connectivity index (χ0v) is 14.6. The van der Waals surface area contributed by atoms with Crippen LogP contribution in [0.15, 0.2) is 72.9 Å². The Morgan fingerprint density at radius 2 is 1.81 bits per heavy atom. The second-order valence-corrected chi connectivity index (χ2v) is 6.60. The average molecular weight is 344 g/mol. The van der Waals surface area contributed by atoms with Gasteiger partial charge in [0.2, 0.25) is 0 Å². The number of carbonyl (C=O) groups excluding carboxylic acids is 1. The topological polar surface area (TPSA) is 42.4 Å². The predicted molar refractivity (Wildman–Crippen MR) is 101 cm³/mol. The lowest BCUT2D eigenvalue weighted by Crippen LogP contribution is -2.48. The van der Waals surface area contributed by atoms with Crippen LogP contribution >= 0.6 is 0 Å². The molecule has 2 heterocycles. The van der Waals surface area contributed by atoms with Crippen LogP contribution in [0.4, 0.5) is 0 Å². The molecule has 1 amide bonds. The van der Waals surface area contributed by atoms with Crippen molar-refractivity contribution in [2.24, 2.45) is 0 Å². The first kappa shape index (κ1) is 16.3. The molecular formula is C22H20N2O2. The highest BCUT2D eigenvalue weighted by molar-refractivity contribution is 5.95. The maximum absolute atomic E-state index is 12.6. The lowest BCUT2D eigenvalue weighted by Gasteiger charge is -2.39. The number of carbonyl (C=O) groups is 1.